The van der Waals surface area contributed by atoms with Crippen LogP contribution in [-0.2, 0) is 0 Å². The highest BCUT2D eigenvalue weighted by atomic mass is 35.5. The van der Waals surface area contributed by atoms with Crippen LogP contribution in [-0.4, -0.2) is 43.7 Å². The molecule has 1 unspecified atom stereocenters. The van der Waals surface area contributed by atoms with E-state index in [1.807, 2.05) is 18.2 Å². The molecule has 1 heterocycles. The Kier molecular flexibility index (Phi) is 4.95. The smallest absolute Gasteiger partial charge is 0.0639 e. The third-order valence-corrected chi connectivity index (χ3v) is 4.49. The van der Waals surface area contributed by atoms with E-state index in [2.05, 4.69) is 36.6 Å². The van der Waals surface area contributed by atoms with E-state index in [0.29, 0.717) is 6.04 Å². The summed E-state index contributed by atoms with van der Waals surface area (Å²) in [7, 11) is 0. The molecule has 4 heteroatoms. The highest BCUT2D eigenvalue weighted by molar-refractivity contribution is 6.33. The first kappa shape index (κ1) is 15.6. The second-order valence-corrected chi connectivity index (χ2v) is 7.00. The summed E-state index contributed by atoms with van der Waals surface area (Å²) in [6.45, 7) is 11.6. The van der Waals surface area contributed by atoms with Crippen LogP contribution in [0.4, 0.5) is 5.69 Å². The van der Waals surface area contributed by atoms with Gasteiger partial charge in [0.1, 0.15) is 0 Å². The summed E-state index contributed by atoms with van der Waals surface area (Å²) < 4.78 is 0. The number of anilines is 1. The van der Waals surface area contributed by atoms with Gasteiger partial charge in [0.2, 0.25) is 0 Å². The van der Waals surface area contributed by atoms with E-state index in [0.717, 1.165) is 43.4 Å². The molecule has 0 bridgehead atoms. The van der Waals surface area contributed by atoms with Crippen molar-refractivity contribution in [1.29, 1.82) is 0 Å². The molecule has 0 aliphatic carbocycles. The van der Waals surface area contributed by atoms with Crippen molar-refractivity contribution in [1.82, 2.24) is 4.90 Å². The maximum absolute atomic E-state index is 6.28. The summed E-state index contributed by atoms with van der Waals surface area (Å²) in [6, 6.07) is 8.52. The molecule has 1 aromatic carbocycles. The number of nitrogens with zero attached hydrogens (tertiary/aromatic N) is 2. The van der Waals surface area contributed by atoms with Crippen LogP contribution >= 0.6 is 11.6 Å². The number of nitrogens with two attached hydrogens (primary N) is 1. The lowest BCUT2D eigenvalue weighted by molar-refractivity contribution is 0.0987. The third kappa shape index (κ3) is 3.46. The summed E-state index contributed by atoms with van der Waals surface area (Å²) >= 11 is 6.28. The lowest BCUT2D eigenvalue weighted by Gasteiger charge is -2.44. The van der Waals surface area contributed by atoms with Crippen molar-refractivity contribution in [3.63, 3.8) is 0 Å². The van der Waals surface area contributed by atoms with Gasteiger partial charge in [-0.2, -0.15) is 0 Å². The molecule has 112 valence electrons. The molecule has 2 N–H and O–H groups in total. The van der Waals surface area contributed by atoms with E-state index >= 15 is 0 Å². The van der Waals surface area contributed by atoms with Crippen molar-refractivity contribution < 1.29 is 0 Å². The molecule has 2 rings (SSSR count). The molecular formula is C16H26ClN3. The second kappa shape index (κ2) is 6.33. The SMILES string of the molecule is CC(C)(C)C(CN)N1CCN(c2ccccc2Cl)CC1. The number of benzene rings is 1. The van der Waals surface area contributed by atoms with Gasteiger partial charge in [0.25, 0.3) is 0 Å². The van der Waals surface area contributed by atoms with Crippen LogP contribution < -0.4 is 10.6 Å². The maximum Gasteiger partial charge on any atom is 0.0639 e. The Morgan fingerprint density at radius 3 is 2.25 bits per heavy atom. The zero-order valence-corrected chi connectivity index (χ0v) is 13.5. The summed E-state index contributed by atoms with van der Waals surface area (Å²) in [5, 5.41) is 0.840. The monoisotopic (exact) mass is 295 g/mol. The third-order valence-electron chi connectivity index (χ3n) is 4.17. The van der Waals surface area contributed by atoms with Crippen molar-refractivity contribution in [3.05, 3.63) is 29.3 Å². The van der Waals surface area contributed by atoms with Gasteiger partial charge in [-0.1, -0.05) is 44.5 Å². The molecule has 0 amide bonds. The largest absolute Gasteiger partial charge is 0.368 e. The van der Waals surface area contributed by atoms with Gasteiger partial charge in [-0.3, -0.25) is 4.90 Å². The van der Waals surface area contributed by atoms with Gasteiger partial charge >= 0.3 is 0 Å². The minimum atomic E-state index is 0.224. The van der Waals surface area contributed by atoms with Gasteiger partial charge in [0, 0.05) is 38.8 Å². The second-order valence-electron chi connectivity index (χ2n) is 6.59. The lowest BCUT2D eigenvalue weighted by atomic mass is 9.85. The molecule has 20 heavy (non-hydrogen) atoms. The number of piperazine rings is 1. The van der Waals surface area contributed by atoms with Gasteiger partial charge < -0.3 is 10.6 Å². The molecule has 1 aromatic rings. The van der Waals surface area contributed by atoms with Crippen LogP contribution in [0.25, 0.3) is 0 Å². The molecule has 3 nitrogen and oxygen atoms in total. The predicted molar refractivity (Wildman–Crippen MR) is 87.5 cm³/mol. The van der Waals surface area contributed by atoms with Crippen LogP contribution in [0.1, 0.15) is 20.8 Å². The van der Waals surface area contributed by atoms with Gasteiger partial charge in [-0.15, -0.1) is 0 Å². The first-order chi connectivity index (χ1) is 9.43. The molecule has 1 aliphatic heterocycles. The maximum atomic E-state index is 6.28. The normalized spacial score (nSPS) is 19.1. The fraction of sp³-hybridized carbons (Fsp3) is 0.625. The van der Waals surface area contributed by atoms with Crippen molar-refractivity contribution >= 4 is 17.3 Å². The number of hydrogen-bond acceptors (Lipinski definition) is 3. The Hall–Kier alpha value is -0.770. The van der Waals surface area contributed by atoms with E-state index in [1.165, 1.54) is 0 Å². The van der Waals surface area contributed by atoms with Gasteiger partial charge in [-0.25, -0.2) is 0 Å². The zero-order chi connectivity index (χ0) is 14.8. The molecule has 0 spiro atoms. The van der Waals surface area contributed by atoms with E-state index in [4.69, 9.17) is 17.3 Å². The van der Waals surface area contributed by atoms with Crippen molar-refractivity contribution in [2.75, 3.05) is 37.6 Å². The standard InChI is InChI=1S/C16H26ClN3/c1-16(2,3)15(12-18)20-10-8-19(9-11-20)14-7-5-4-6-13(14)17/h4-7,15H,8-12,18H2,1-3H3. The fourth-order valence-electron chi connectivity index (χ4n) is 3.03. The van der Waals surface area contributed by atoms with E-state index in [1.54, 1.807) is 0 Å². The van der Waals surface area contributed by atoms with Gasteiger partial charge in [0.15, 0.2) is 0 Å². The van der Waals surface area contributed by atoms with Gasteiger partial charge in [-0.05, 0) is 17.5 Å². The fourth-order valence-corrected chi connectivity index (χ4v) is 3.29. The number of hydrogen-bond donors (Lipinski definition) is 1. The Labute approximate surface area is 127 Å². The number of para-hydroxylation sites is 1. The molecular weight excluding hydrogens is 270 g/mol. The van der Waals surface area contributed by atoms with Crippen molar-refractivity contribution in [2.24, 2.45) is 11.1 Å². The summed E-state index contributed by atoms with van der Waals surface area (Å²) in [5.41, 5.74) is 7.35. The molecule has 1 fully saturated rings. The predicted octanol–water partition coefficient (Wildman–Crippen LogP) is 2.84. The Morgan fingerprint density at radius 2 is 1.75 bits per heavy atom. The van der Waals surface area contributed by atoms with Crippen LogP contribution in [0, 0.1) is 5.41 Å². The summed E-state index contributed by atoms with van der Waals surface area (Å²) in [4.78, 5) is 4.89. The Bertz CT molecular complexity index is 434. The lowest BCUT2D eigenvalue weighted by Crippen LogP contribution is -2.56. The minimum absolute atomic E-state index is 0.224. The van der Waals surface area contributed by atoms with E-state index in [-0.39, 0.29) is 5.41 Å². The molecule has 1 saturated heterocycles. The minimum Gasteiger partial charge on any atom is -0.368 e. The summed E-state index contributed by atoms with van der Waals surface area (Å²) in [6.07, 6.45) is 0. The molecule has 1 atom stereocenters. The Morgan fingerprint density at radius 1 is 1.15 bits per heavy atom. The molecule has 0 radical (unpaired) electrons. The van der Waals surface area contributed by atoms with Crippen LogP contribution in [0.5, 0.6) is 0 Å². The number of halogens is 1. The zero-order valence-electron chi connectivity index (χ0n) is 12.8. The first-order valence-electron chi connectivity index (χ1n) is 7.37. The highest BCUT2D eigenvalue weighted by Crippen LogP contribution is 2.28. The topological polar surface area (TPSA) is 32.5 Å². The molecule has 1 aliphatic rings. The average molecular weight is 296 g/mol. The highest BCUT2D eigenvalue weighted by Gasteiger charge is 2.31. The average Bonchev–Trinajstić information content (AvgIpc) is 2.39. The van der Waals surface area contributed by atoms with E-state index in [9.17, 15) is 0 Å². The molecule has 0 saturated carbocycles. The van der Waals surface area contributed by atoms with E-state index < -0.39 is 0 Å². The first-order valence-corrected chi connectivity index (χ1v) is 7.75. The quantitative estimate of drug-likeness (QED) is 0.931. The Balaban J connectivity index is 2.01. The van der Waals surface area contributed by atoms with Crippen molar-refractivity contribution in [2.45, 2.75) is 26.8 Å². The summed E-state index contributed by atoms with van der Waals surface area (Å²) in [5.74, 6) is 0. The van der Waals surface area contributed by atoms with Crippen LogP contribution in [0.2, 0.25) is 5.02 Å². The number of rotatable bonds is 3. The van der Waals surface area contributed by atoms with Crippen LogP contribution in [0.15, 0.2) is 24.3 Å². The van der Waals surface area contributed by atoms with Crippen molar-refractivity contribution in [3.8, 4) is 0 Å². The molecule has 0 aromatic heterocycles. The van der Waals surface area contributed by atoms with Gasteiger partial charge in [0.05, 0.1) is 10.7 Å². The van der Waals surface area contributed by atoms with Crippen LogP contribution in [0.3, 0.4) is 0 Å².